The molecule has 1 N–H and O–H groups in total. The number of ether oxygens (including phenoxy) is 1. The molecule has 0 radical (unpaired) electrons. The number of carbonyl (C=O) groups excluding carboxylic acids is 2. The van der Waals surface area contributed by atoms with Crippen LogP contribution in [0.4, 0.5) is 0 Å². The van der Waals surface area contributed by atoms with Crippen LogP contribution in [0.25, 0.3) is 0 Å². The number of ketones is 1. The summed E-state index contributed by atoms with van der Waals surface area (Å²) in [7, 11) is -2.61. The third-order valence-electron chi connectivity index (χ3n) is 9.00. The lowest BCUT2D eigenvalue weighted by Gasteiger charge is -2.44. The van der Waals surface area contributed by atoms with Crippen molar-refractivity contribution >= 4 is 30.4 Å². The lowest BCUT2D eigenvalue weighted by molar-refractivity contribution is -0.160. The molecular weight excluding hydrogens is 554 g/mol. The predicted molar refractivity (Wildman–Crippen MR) is 170 cm³/mol. The van der Waals surface area contributed by atoms with Crippen LogP contribution in [-0.2, 0) is 25.4 Å². The first-order valence-corrected chi connectivity index (χ1v) is 17.1. The number of benzene rings is 3. The van der Waals surface area contributed by atoms with E-state index in [0.29, 0.717) is 31.7 Å². The maximum atomic E-state index is 13.8. The zero-order valence-corrected chi connectivity index (χ0v) is 26.2. The summed E-state index contributed by atoms with van der Waals surface area (Å²) in [6, 6.07) is 30.4. The smallest absolute Gasteiger partial charge is 0.261 e. The van der Waals surface area contributed by atoms with Crippen LogP contribution < -0.4 is 15.8 Å². The summed E-state index contributed by atoms with van der Waals surface area (Å²) in [5, 5.41) is 4.20. The molecule has 3 aromatic rings. The van der Waals surface area contributed by atoms with Gasteiger partial charge in [0.25, 0.3) is 14.2 Å². The van der Waals surface area contributed by atoms with Crippen molar-refractivity contribution in [2.24, 2.45) is 11.8 Å². The van der Waals surface area contributed by atoms with Gasteiger partial charge in [0.05, 0.1) is 13.3 Å². The standard InChI is InChI=1S/C35H41N3O4Si/c1-35(2,3)43(29-15-9-5-10-16-29,30-17-11-6-12-18-30)42-24-28-21-27(28)22-37-25-36-38-20-19-31(39)33(32(38)34(37)40)41-23-26-13-7-4-8-14-26/h4-20,27-28,32-33,36H,21-25H2,1-3H3. The Morgan fingerprint density at radius 3 is 2.07 bits per heavy atom. The van der Waals surface area contributed by atoms with Crippen molar-refractivity contribution in [3.05, 3.63) is 109 Å². The SMILES string of the molecule is CC(C)(C)[Si](OCC1CC1CN1CNN2C=CC(=O)C(OCc3ccccc3)C2C1=O)(c1ccccc1)c1ccccc1. The van der Waals surface area contributed by atoms with E-state index in [1.165, 1.54) is 16.4 Å². The Morgan fingerprint density at radius 1 is 0.860 bits per heavy atom. The van der Waals surface area contributed by atoms with E-state index in [2.05, 4.69) is 86.9 Å². The minimum Gasteiger partial charge on any atom is -0.407 e. The van der Waals surface area contributed by atoms with Crippen molar-refractivity contribution in [1.29, 1.82) is 0 Å². The van der Waals surface area contributed by atoms with Crippen LogP contribution in [-0.4, -0.2) is 61.9 Å². The van der Waals surface area contributed by atoms with Gasteiger partial charge in [-0.15, -0.1) is 0 Å². The van der Waals surface area contributed by atoms with Gasteiger partial charge in [-0.1, -0.05) is 112 Å². The average molecular weight is 596 g/mol. The highest BCUT2D eigenvalue weighted by Gasteiger charge is 2.52. The van der Waals surface area contributed by atoms with Crippen LogP contribution in [0.1, 0.15) is 32.8 Å². The first kappa shape index (κ1) is 29.5. The van der Waals surface area contributed by atoms with E-state index in [1.54, 1.807) is 11.2 Å². The van der Waals surface area contributed by atoms with Crippen LogP contribution in [0.5, 0.6) is 0 Å². The van der Waals surface area contributed by atoms with Gasteiger partial charge in [-0.25, -0.2) is 5.43 Å². The van der Waals surface area contributed by atoms with Crippen molar-refractivity contribution in [3.63, 3.8) is 0 Å². The highest BCUT2D eigenvalue weighted by molar-refractivity contribution is 6.99. The highest BCUT2D eigenvalue weighted by atomic mass is 28.4. The second-order valence-electron chi connectivity index (χ2n) is 12.9. The van der Waals surface area contributed by atoms with E-state index in [0.717, 1.165) is 12.0 Å². The van der Waals surface area contributed by atoms with Gasteiger partial charge in [-0.3, -0.25) is 14.6 Å². The number of amides is 1. The lowest BCUT2D eigenvalue weighted by atomic mass is 10.0. The average Bonchev–Trinajstić information content (AvgIpc) is 3.77. The van der Waals surface area contributed by atoms with E-state index in [9.17, 15) is 9.59 Å². The Morgan fingerprint density at radius 2 is 1.47 bits per heavy atom. The second-order valence-corrected chi connectivity index (χ2v) is 17.2. The normalized spacial score (nSPS) is 23.8. The maximum absolute atomic E-state index is 13.8. The Balaban J connectivity index is 1.13. The van der Waals surface area contributed by atoms with Crippen molar-refractivity contribution < 1.29 is 18.8 Å². The Hall–Kier alpha value is -3.56. The number of carbonyl (C=O) groups is 2. The van der Waals surface area contributed by atoms with Gasteiger partial charge in [0.1, 0.15) is 0 Å². The third kappa shape index (κ3) is 5.97. The lowest BCUT2D eigenvalue weighted by Crippen LogP contribution is -2.67. The van der Waals surface area contributed by atoms with Crippen LogP contribution in [0.3, 0.4) is 0 Å². The zero-order valence-electron chi connectivity index (χ0n) is 25.2. The van der Waals surface area contributed by atoms with E-state index >= 15 is 0 Å². The maximum Gasteiger partial charge on any atom is 0.261 e. The van der Waals surface area contributed by atoms with Crippen LogP contribution >= 0.6 is 0 Å². The number of nitrogens with zero attached hydrogens (tertiary/aromatic N) is 2. The van der Waals surface area contributed by atoms with Gasteiger partial charge < -0.3 is 14.1 Å². The number of rotatable bonds is 10. The molecule has 6 rings (SSSR count). The van der Waals surface area contributed by atoms with Crippen molar-refractivity contribution in [3.8, 4) is 0 Å². The summed E-state index contributed by atoms with van der Waals surface area (Å²) in [4.78, 5) is 28.5. The summed E-state index contributed by atoms with van der Waals surface area (Å²) in [6.45, 7) is 8.85. The number of fused-ring (bicyclic) bond motifs is 1. The summed E-state index contributed by atoms with van der Waals surface area (Å²) >= 11 is 0. The summed E-state index contributed by atoms with van der Waals surface area (Å²) < 4.78 is 13.2. The summed E-state index contributed by atoms with van der Waals surface area (Å²) in [5.41, 5.74) is 4.28. The van der Waals surface area contributed by atoms with Crippen molar-refractivity contribution in [2.75, 3.05) is 19.8 Å². The molecule has 43 heavy (non-hydrogen) atoms. The Bertz CT molecular complexity index is 1400. The summed E-state index contributed by atoms with van der Waals surface area (Å²) in [5.74, 6) is 0.477. The quantitative estimate of drug-likeness (QED) is 0.359. The van der Waals surface area contributed by atoms with Gasteiger partial charge in [0.2, 0.25) is 0 Å². The molecule has 3 aliphatic rings. The van der Waals surface area contributed by atoms with Crippen molar-refractivity contribution in [1.82, 2.24) is 15.3 Å². The first-order valence-electron chi connectivity index (χ1n) is 15.2. The van der Waals surface area contributed by atoms with Gasteiger partial charge in [-0.05, 0) is 39.2 Å². The molecule has 224 valence electrons. The number of hydrazine groups is 1. The molecule has 2 aliphatic heterocycles. The second kappa shape index (κ2) is 12.2. The highest BCUT2D eigenvalue weighted by Crippen LogP contribution is 2.43. The third-order valence-corrected chi connectivity index (χ3v) is 14.0. The van der Waals surface area contributed by atoms with E-state index < -0.39 is 20.5 Å². The molecule has 1 aliphatic carbocycles. The minimum atomic E-state index is -2.61. The zero-order chi connectivity index (χ0) is 30.0. The molecule has 1 saturated heterocycles. The van der Waals surface area contributed by atoms with Gasteiger partial charge >= 0.3 is 0 Å². The largest absolute Gasteiger partial charge is 0.407 e. The molecule has 0 spiro atoms. The van der Waals surface area contributed by atoms with E-state index in [1.807, 2.05) is 35.2 Å². The molecule has 8 heteroatoms. The number of hydrogen-bond acceptors (Lipinski definition) is 6. The molecule has 4 atom stereocenters. The van der Waals surface area contributed by atoms with Gasteiger partial charge in [0.15, 0.2) is 17.9 Å². The molecule has 7 nitrogen and oxygen atoms in total. The van der Waals surface area contributed by atoms with Crippen molar-refractivity contribution in [2.45, 2.75) is 51.0 Å². The number of nitrogens with one attached hydrogen (secondary N) is 1. The fourth-order valence-electron chi connectivity index (χ4n) is 6.58. The van der Waals surface area contributed by atoms with Gasteiger partial charge in [-0.2, -0.15) is 0 Å². The molecular formula is C35H41N3O4Si. The fraction of sp³-hybridized carbons (Fsp3) is 0.371. The van der Waals surface area contributed by atoms with Gasteiger partial charge in [0, 0.05) is 25.4 Å². The topological polar surface area (TPSA) is 71.1 Å². The Kier molecular flexibility index (Phi) is 8.37. The molecule has 2 heterocycles. The van der Waals surface area contributed by atoms with E-state index in [-0.39, 0.29) is 23.3 Å². The van der Waals surface area contributed by atoms with E-state index in [4.69, 9.17) is 9.16 Å². The molecule has 2 fully saturated rings. The molecule has 0 aromatic heterocycles. The molecule has 3 aromatic carbocycles. The molecule has 1 saturated carbocycles. The molecule has 1 amide bonds. The number of hydrogen-bond donors (Lipinski definition) is 1. The van der Waals surface area contributed by atoms with Crippen LogP contribution in [0, 0.1) is 11.8 Å². The monoisotopic (exact) mass is 595 g/mol. The fourth-order valence-corrected chi connectivity index (χ4v) is 11.2. The van der Waals surface area contributed by atoms with Crippen LogP contribution in [0.2, 0.25) is 5.04 Å². The van der Waals surface area contributed by atoms with Crippen LogP contribution in [0.15, 0.2) is 103 Å². The minimum absolute atomic E-state index is 0.0759. The Labute approximate surface area is 255 Å². The predicted octanol–water partition coefficient (Wildman–Crippen LogP) is 3.86. The molecule has 4 unspecified atom stereocenters. The first-order chi connectivity index (χ1) is 20.8. The molecule has 0 bridgehead atoms. The summed E-state index contributed by atoms with van der Waals surface area (Å²) in [6.07, 6.45) is 3.30.